The number of hydrogen-bond acceptors (Lipinski definition) is 1. The summed E-state index contributed by atoms with van der Waals surface area (Å²) in [5, 5.41) is 0. The van der Waals surface area contributed by atoms with E-state index in [1.165, 1.54) is 5.56 Å². The minimum absolute atomic E-state index is 0.990. The molecule has 0 unspecified atom stereocenters. The predicted octanol–water partition coefficient (Wildman–Crippen LogP) is 2.51. The van der Waals surface area contributed by atoms with Gasteiger partial charge in [0.15, 0.2) is 0 Å². The number of rotatable bonds is 2. The van der Waals surface area contributed by atoms with Gasteiger partial charge in [-0.25, -0.2) is 0 Å². The second-order valence-corrected chi connectivity index (χ2v) is 2.58. The molecule has 1 aromatic rings. The van der Waals surface area contributed by atoms with Crippen molar-refractivity contribution in [2.24, 2.45) is 0 Å². The van der Waals surface area contributed by atoms with Crippen LogP contribution in [0.4, 0.5) is 0 Å². The maximum Gasteiger partial charge on any atom is 0.0372 e. The Bertz CT molecular complexity index is 234. The average Bonchev–Trinajstić information content (AvgIpc) is 2.04. The Hall–Kier alpha value is -1.11. The number of pyridine rings is 1. The Morgan fingerprint density at radius 2 is 2.27 bits per heavy atom. The van der Waals surface area contributed by atoms with Crippen molar-refractivity contribution in [2.45, 2.75) is 20.3 Å². The van der Waals surface area contributed by atoms with Gasteiger partial charge >= 0.3 is 0 Å². The van der Waals surface area contributed by atoms with Crippen LogP contribution in [0.1, 0.15) is 18.2 Å². The van der Waals surface area contributed by atoms with E-state index in [1.807, 2.05) is 26.1 Å². The molecule has 1 heteroatoms. The van der Waals surface area contributed by atoms with Crippen LogP contribution in [0, 0.1) is 6.92 Å². The van der Waals surface area contributed by atoms with Gasteiger partial charge in [0.1, 0.15) is 0 Å². The zero-order valence-electron chi connectivity index (χ0n) is 7.04. The minimum Gasteiger partial charge on any atom is -0.261 e. The molecule has 0 aliphatic carbocycles. The quantitative estimate of drug-likeness (QED) is 0.586. The Labute approximate surface area is 67.8 Å². The van der Waals surface area contributed by atoms with Gasteiger partial charge < -0.3 is 0 Å². The third kappa shape index (κ3) is 2.54. The smallest absolute Gasteiger partial charge is 0.0372 e. The molecule has 0 radical (unpaired) electrons. The highest BCUT2D eigenvalue weighted by atomic mass is 14.6. The predicted molar refractivity (Wildman–Crippen MR) is 47.5 cm³/mol. The summed E-state index contributed by atoms with van der Waals surface area (Å²) in [6.07, 6.45) is 7.10. The van der Waals surface area contributed by atoms with E-state index in [4.69, 9.17) is 0 Å². The van der Waals surface area contributed by atoms with Crippen LogP contribution in [0.25, 0.3) is 0 Å². The van der Waals surface area contributed by atoms with Crippen molar-refractivity contribution in [3.63, 3.8) is 0 Å². The SMILES string of the molecule is C/C=C\Cc1ccc(C)nc1. The number of nitrogens with zero attached hydrogens (tertiary/aromatic N) is 1. The Morgan fingerprint density at radius 1 is 1.45 bits per heavy atom. The molecule has 1 heterocycles. The van der Waals surface area contributed by atoms with Crippen LogP contribution in [0.15, 0.2) is 30.5 Å². The van der Waals surface area contributed by atoms with Crippen LogP contribution in [-0.2, 0) is 6.42 Å². The van der Waals surface area contributed by atoms with Gasteiger partial charge in [0, 0.05) is 11.9 Å². The van der Waals surface area contributed by atoms with Crippen molar-refractivity contribution in [3.8, 4) is 0 Å². The molecule has 1 nitrogen and oxygen atoms in total. The van der Waals surface area contributed by atoms with Gasteiger partial charge in [0.25, 0.3) is 0 Å². The van der Waals surface area contributed by atoms with Gasteiger partial charge in [-0.2, -0.15) is 0 Å². The molecule has 1 rings (SSSR count). The Balaban J connectivity index is 2.66. The topological polar surface area (TPSA) is 12.9 Å². The van der Waals surface area contributed by atoms with E-state index in [0.29, 0.717) is 0 Å². The van der Waals surface area contributed by atoms with E-state index in [2.05, 4.69) is 23.2 Å². The van der Waals surface area contributed by atoms with E-state index in [-0.39, 0.29) is 0 Å². The molecule has 0 fully saturated rings. The van der Waals surface area contributed by atoms with E-state index in [1.54, 1.807) is 0 Å². The lowest BCUT2D eigenvalue weighted by Gasteiger charge is -1.95. The summed E-state index contributed by atoms with van der Waals surface area (Å²) < 4.78 is 0. The number of allylic oxidation sites excluding steroid dienone is 2. The third-order valence-electron chi connectivity index (χ3n) is 1.56. The lowest BCUT2D eigenvalue weighted by Crippen LogP contribution is -1.84. The van der Waals surface area contributed by atoms with Gasteiger partial charge in [0.2, 0.25) is 0 Å². The summed E-state index contributed by atoms with van der Waals surface area (Å²) in [6, 6.07) is 4.15. The maximum absolute atomic E-state index is 4.20. The molecule has 1 aromatic heterocycles. The van der Waals surface area contributed by atoms with Crippen LogP contribution >= 0.6 is 0 Å². The molecule has 0 saturated carbocycles. The van der Waals surface area contributed by atoms with E-state index in [0.717, 1.165) is 12.1 Å². The fourth-order valence-electron chi connectivity index (χ4n) is 0.873. The highest BCUT2D eigenvalue weighted by molar-refractivity contribution is 5.15. The van der Waals surface area contributed by atoms with Gasteiger partial charge in [-0.05, 0) is 31.9 Å². The van der Waals surface area contributed by atoms with Crippen molar-refractivity contribution in [1.29, 1.82) is 0 Å². The summed E-state index contributed by atoms with van der Waals surface area (Å²) >= 11 is 0. The molecule has 0 aliphatic heterocycles. The molecular formula is C10H13N. The van der Waals surface area contributed by atoms with Crippen molar-refractivity contribution in [3.05, 3.63) is 41.7 Å². The molecule has 0 N–H and O–H groups in total. The molecule has 0 aliphatic rings. The fraction of sp³-hybridized carbons (Fsp3) is 0.300. The molecule has 0 amide bonds. The van der Waals surface area contributed by atoms with E-state index < -0.39 is 0 Å². The number of hydrogen-bond donors (Lipinski definition) is 0. The molecule has 0 aromatic carbocycles. The summed E-state index contributed by atoms with van der Waals surface area (Å²) in [4.78, 5) is 4.20. The molecule has 0 bridgehead atoms. The zero-order valence-corrected chi connectivity index (χ0v) is 7.04. The molecular weight excluding hydrogens is 134 g/mol. The number of aryl methyl sites for hydroxylation is 1. The largest absolute Gasteiger partial charge is 0.261 e. The molecule has 11 heavy (non-hydrogen) atoms. The van der Waals surface area contributed by atoms with Crippen LogP contribution < -0.4 is 0 Å². The normalized spacial score (nSPS) is 10.7. The van der Waals surface area contributed by atoms with Crippen molar-refractivity contribution in [1.82, 2.24) is 4.98 Å². The van der Waals surface area contributed by atoms with Crippen LogP contribution in [0.5, 0.6) is 0 Å². The van der Waals surface area contributed by atoms with Crippen LogP contribution in [-0.4, -0.2) is 4.98 Å². The highest BCUT2D eigenvalue weighted by Crippen LogP contribution is 2.00. The first-order valence-electron chi connectivity index (χ1n) is 3.85. The maximum atomic E-state index is 4.20. The highest BCUT2D eigenvalue weighted by Gasteiger charge is 1.88. The van der Waals surface area contributed by atoms with Crippen molar-refractivity contribution in [2.75, 3.05) is 0 Å². The average molecular weight is 147 g/mol. The lowest BCUT2D eigenvalue weighted by atomic mass is 10.2. The summed E-state index contributed by atoms with van der Waals surface area (Å²) in [6.45, 7) is 4.03. The fourth-order valence-corrected chi connectivity index (χ4v) is 0.873. The van der Waals surface area contributed by atoms with E-state index >= 15 is 0 Å². The van der Waals surface area contributed by atoms with Gasteiger partial charge in [0.05, 0.1) is 0 Å². The second kappa shape index (κ2) is 3.91. The van der Waals surface area contributed by atoms with Gasteiger partial charge in [-0.15, -0.1) is 0 Å². The number of aromatic nitrogens is 1. The van der Waals surface area contributed by atoms with Crippen LogP contribution in [0.2, 0.25) is 0 Å². The Kier molecular flexibility index (Phi) is 2.84. The monoisotopic (exact) mass is 147 g/mol. The first kappa shape index (κ1) is 7.99. The molecule has 58 valence electrons. The summed E-state index contributed by atoms with van der Waals surface area (Å²) in [5.41, 5.74) is 2.35. The first-order valence-corrected chi connectivity index (χ1v) is 3.85. The molecule has 0 spiro atoms. The van der Waals surface area contributed by atoms with E-state index in [9.17, 15) is 0 Å². The van der Waals surface area contributed by atoms with Crippen molar-refractivity contribution < 1.29 is 0 Å². The summed E-state index contributed by atoms with van der Waals surface area (Å²) in [7, 11) is 0. The Morgan fingerprint density at radius 3 is 2.82 bits per heavy atom. The zero-order chi connectivity index (χ0) is 8.10. The van der Waals surface area contributed by atoms with Gasteiger partial charge in [-0.3, -0.25) is 4.98 Å². The lowest BCUT2D eigenvalue weighted by molar-refractivity contribution is 1.13. The van der Waals surface area contributed by atoms with Crippen molar-refractivity contribution >= 4 is 0 Å². The molecule has 0 atom stereocenters. The van der Waals surface area contributed by atoms with Gasteiger partial charge in [-0.1, -0.05) is 18.2 Å². The summed E-state index contributed by atoms with van der Waals surface area (Å²) in [5.74, 6) is 0. The minimum atomic E-state index is 0.990. The molecule has 0 saturated heterocycles. The standard InChI is InChI=1S/C10H13N/c1-3-4-5-10-7-6-9(2)11-8-10/h3-4,6-8H,5H2,1-2H3/b4-3-. The third-order valence-corrected chi connectivity index (χ3v) is 1.56. The first-order chi connectivity index (χ1) is 5.33. The second-order valence-electron chi connectivity index (χ2n) is 2.58. The van der Waals surface area contributed by atoms with Crippen LogP contribution in [0.3, 0.4) is 0 Å².